The fraction of sp³-hybridized carbons (Fsp3) is 0.100. The van der Waals surface area contributed by atoms with E-state index in [4.69, 9.17) is 9.15 Å². The fourth-order valence-corrected chi connectivity index (χ4v) is 2.44. The number of anilines is 1. The van der Waals surface area contributed by atoms with Gasteiger partial charge in [0.15, 0.2) is 12.2 Å². The van der Waals surface area contributed by atoms with E-state index < -0.39 is 0 Å². The molecule has 3 aromatic rings. The molecule has 2 aromatic carbocycles. The number of benzene rings is 2. The highest BCUT2D eigenvalue weighted by Crippen LogP contribution is 2.32. The summed E-state index contributed by atoms with van der Waals surface area (Å²) in [6.07, 6.45) is 6.28. The van der Waals surface area contributed by atoms with Gasteiger partial charge < -0.3 is 14.5 Å². The van der Waals surface area contributed by atoms with Crippen LogP contribution in [0.4, 0.5) is 5.69 Å². The number of hydrogen-bond donors (Lipinski definition) is 1. The van der Waals surface area contributed by atoms with E-state index in [1.807, 2.05) is 37.3 Å². The van der Waals surface area contributed by atoms with E-state index in [0.29, 0.717) is 17.2 Å². The highest BCUT2D eigenvalue weighted by atomic mass is 16.5. The van der Waals surface area contributed by atoms with Gasteiger partial charge >= 0.3 is 0 Å². The van der Waals surface area contributed by atoms with Crippen LogP contribution in [0.2, 0.25) is 0 Å². The Morgan fingerprint density at radius 3 is 2.80 bits per heavy atom. The predicted octanol–water partition coefficient (Wildman–Crippen LogP) is 4.31. The van der Waals surface area contributed by atoms with Crippen molar-refractivity contribution in [2.75, 3.05) is 12.4 Å². The standard InChI is InChI=1S/C20H18N2O3/c1-14-5-3-4-6-15(14)7-10-20(23)22-16-8-9-17(18(11-16)24-2)19-12-21-13-25-19/h3-13H,1-2H3,(H,22,23). The van der Waals surface area contributed by atoms with Gasteiger partial charge in [0.2, 0.25) is 5.91 Å². The van der Waals surface area contributed by atoms with Crippen LogP contribution in [0.1, 0.15) is 11.1 Å². The topological polar surface area (TPSA) is 64.4 Å². The summed E-state index contributed by atoms with van der Waals surface area (Å²) in [5.41, 5.74) is 3.54. The van der Waals surface area contributed by atoms with Crippen LogP contribution < -0.4 is 10.1 Å². The number of ether oxygens (including phenoxy) is 1. The first-order valence-corrected chi connectivity index (χ1v) is 7.79. The van der Waals surface area contributed by atoms with Gasteiger partial charge in [-0.25, -0.2) is 4.98 Å². The minimum absolute atomic E-state index is 0.210. The van der Waals surface area contributed by atoms with Gasteiger partial charge in [0, 0.05) is 17.8 Å². The molecule has 0 bridgehead atoms. The lowest BCUT2D eigenvalue weighted by Gasteiger charge is -2.09. The maximum absolute atomic E-state index is 12.1. The number of aryl methyl sites for hydroxylation is 1. The highest BCUT2D eigenvalue weighted by Gasteiger charge is 2.10. The number of amides is 1. The predicted molar refractivity (Wildman–Crippen MR) is 97.3 cm³/mol. The van der Waals surface area contributed by atoms with Crippen LogP contribution in [0.3, 0.4) is 0 Å². The number of methoxy groups -OCH3 is 1. The van der Waals surface area contributed by atoms with Crippen molar-refractivity contribution in [3.63, 3.8) is 0 Å². The Morgan fingerprint density at radius 2 is 2.08 bits per heavy atom. The smallest absolute Gasteiger partial charge is 0.248 e. The molecule has 126 valence electrons. The molecule has 5 nitrogen and oxygen atoms in total. The van der Waals surface area contributed by atoms with Crippen molar-refractivity contribution in [3.8, 4) is 17.1 Å². The molecule has 0 aliphatic rings. The SMILES string of the molecule is COc1cc(NC(=O)C=Cc2ccccc2C)ccc1-c1cnco1. The third kappa shape index (κ3) is 3.95. The molecule has 1 heterocycles. The highest BCUT2D eigenvalue weighted by molar-refractivity contribution is 6.02. The van der Waals surface area contributed by atoms with Crippen molar-refractivity contribution in [2.24, 2.45) is 0 Å². The number of nitrogens with zero attached hydrogens (tertiary/aromatic N) is 1. The van der Waals surface area contributed by atoms with Crippen molar-refractivity contribution in [3.05, 3.63) is 72.3 Å². The monoisotopic (exact) mass is 334 g/mol. The first kappa shape index (κ1) is 16.5. The van der Waals surface area contributed by atoms with Gasteiger partial charge in [0.05, 0.1) is 18.9 Å². The lowest BCUT2D eigenvalue weighted by atomic mass is 10.1. The molecule has 5 heteroatoms. The van der Waals surface area contributed by atoms with Crippen LogP contribution in [0.5, 0.6) is 5.75 Å². The van der Waals surface area contributed by atoms with Crippen molar-refractivity contribution in [1.82, 2.24) is 4.98 Å². The Balaban J connectivity index is 1.74. The molecule has 0 saturated carbocycles. The Morgan fingerprint density at radius 1 is 1.24 bits per heavy atom. The molecule has 0 unspecified atom stereocenters. The van der Waals surface area contributed by atoms with Crippen molar-refractivity contribution < 1.29 is 13.9 Å². The van der Waals surface area contributed by atoms with Crippen LogP contribution in [0, 0.1) is 6.92 Å². The van der Waals surface area contributed by atoms with Gasteiger partial charge in [-0.2, -0.15) is 0 Å². The molecular weight excluding hydrogens is 316 g/mol. The Kier molecular flexibility index (Phi) is 4.95. The quantitative estimate of drug-likeness (QED) is 0.706. The summed E-state index contributed by atoms with van der Waals surface area (Å²) in [5, 5.41) is 2.83. The summed E-state index contributed by atoms with van der Waals surface area (Å²) in [5.74, 6) is 0.990. The fourth-order valence-electron chi connectivity index (χ4n) is 2.44. The summed E-state index contributed by atoms with van der Waals surface area (Å²) in [4.78, 5) is 16.0. The minimum atomic E-state index is -0.210. The normalized spacial score (nSPS) is 10.8. The number of aromatic nitrogens is 1. The lowest BCUT2D eigenvalue weighted by Crippen LogP contribution is -2.08. The van der Waals surface area contributed by atoms with E-state index in [9.17, 15) is 4.79 Å². The zero-order chi connectivity index (χ0) is 17.6. The maximum Gasteiger partial charge on any atom is 0.248 e. The van der Waals surface area contributed by atoms with Crippen molar-refractivity contribution in [1.29, 1.82) is 0 Å². The summed E-state index contributed by atoms with van der Waals surface area (Å²) in [6.45, 7) is 2.00. The van der Waals surface area contributed by atoms with E-state index in [2.05, 4.69) is 10.3 Å². The average Bonchev–Trinajstić information content (AvgIpc) is 3.15. The Bertz CT molecular complexity index is 899. The second kappa shape index (κ2) is 7.49. The number of hydrogen-bond acceptors (Lipinski definition) is 4. The molecule has 1 N–H and O–H groups in total. The molecule has 1 aromatic heterocycles. The zero-order valence-corrected chi connectivity index (χ0v) is 14.0. The van der Waals surface area contributed by atoms with Gasteiger partial charge in [-0.3, -0.25) is 4.79 Å². The van der Waals surface area contributed by atoms with Crippen LogP contribution >= 0.6 is 0 Å². The average molecular weight is 334 g/mol. The van der Waals surface area contributed by atoms with Gasteiger partial charge in [0.25, 0.3) is 0 Å². The first-order chi connectivity index (χ1) is 12.2. The van der Waals surface area contributed by atoms with Crippen LogP contribution in [-0.2, 0) is 4.79 Å². The van der Waals surface area contributed by atoms with Crippen molar-refractivity contribution in [2.45, 2.75) is 6.92 Å². The summed E-state index contributed by atoms with van der Waals surface area (Å²) < 4.78 is 10.7. The molecule has 0 radical (unpaired) electrons. The van der Waals surface area contributed by atoms with Gasteiger partial charge in [-0.05, 0) is 36.3 Å². The van der Waals surface area contributed by atoms with Gasteiger partial charge in [-0.15, -0.1) is 0 Å². The number of nitrogens with one attached hydrogen (secondary N) is 1. The number of rotatable bonds is 5. The van der Waals surface area contributed by atoms with E-state index in [1.165, 1.54) is 12.5 Å². The molecule has 3 rings (SSSR count). The summed E-state index contributed by atoms with van der Waals surface area (Å²) in [7, 11) is 1.57. The lowest BCUT2D eigenvalue weighted by molar-refractivity contribution is -0.111. The summed E-state index contributed by atoms with van der Waals surface area (Å²) >= 11 is 0. The second-order valence-electron chi connectivity index (χ2n) is 5.46. The van der Waals surface area contributed by atoms with Gasteiger partial charge in [-0.1, -0.05) is 24.3 Å². The number of oxazole rings is 1. The largest absolute Gasteiger partial charge is 0.496 e. The maximum atomic E-state index is 12.1. The molecule has 25 heavy (non-hydrogen) atoms. The molecule has 0 aliphatic heterocycles. The van der Waals surface area contributed by atoms with E-state index in [1.54, 1.807) is 31.5 Å². The third-order valence-electron chi connectivity index (χ3n) is 3.77. The summed E-state index contributed by atoms with van der Waals surface area (Å²) in [6, 6.07) is 13.2. The zero-order valence-electron chi connectivity index (χ0n) is 14.0. The molecule has 0 atom stereocenters. The van der Waals surface area contributed by atoms with Gasteiger partial charge in [0.1, 0.15) is 5.75 Å². The van der Waals surface area contributed by atoms with Crippen LogP contribution in [-0.4, -0.2) is 18.0 Å². The van der Waals surface area contributed by atoms with Crippen LogP contribution in [0.15, 0.2) is 65.5 Å². The molecule has 1 amide bonds. The number of carbonyl (C=O) groups excluding carboxylic acids is 1. The molecule has 0 fully saturated rings. The Labute approximate surface area is 146 Å². The first-order valence-electron chi connectivity index (χ1n) is 7.79. The molecular formula is C20H18N2O3. The van der Waals surface area contributed by atoms with E-state index in [-0.39, 0.29) is 5.91 Å². The van der Waals surface area contributed by atoms with Crippen LogP contribution in [0.25, 0.3) is 17.4 Å². The molecule has 0 saturated heterocycles. The van der Waals surface area contributed by atoms with E-state index in [0.717, 1.165) is 16.7 Å². The second-order valence-corrected chi connectivity index (χ2v) is 5.46. The number of carbonyl (C=O) groups is 1. The Hall–Kier alpha value is -3.34. The third-order valence-corrected chi connectivity index (χ3v) is 3.77. The van der Waals surface area contributed by atoms with E-state index >= 15 is 0 Å². The van der Waals surface area contributed by atoms with Crippen molar-refractivity contribution >= 4 is 17.7 Å². The molecule has 0 aliphatic carbocycles. The minimum Gasteiger partial charge on any atom is -0.496 e. The molecule has 0 spiro atoms.